The van der Waals surface area contributed by atoms with Crippen molar-refractivity contribution in [3.8, 4) is 6.19 Å². The summed E-state index contributed by atoms with van der Waals surface area (Å²) in [6.07, 6.45) is 1.69. The van der Waals surface area contributed by atoms with Crippen LogP contribution in [0.4, 0.5) is 10.1 Å². The Hall–Kier alpha value is -1.27. The van der Waals surface area contributed by atoms with Crippen molar-refractivity contribution in [1.29, 1.82) is 5.26 Å². The van der Waals surface area contributed by atoms with Crippen molar-refractivity contribution in [2.75, 3.05) is 5.32 Å². The lowest BCUT2D eigenvalue weighted by Crippen LogP contribution is -1.88. The van der Waals surface area contributed by atoms with Crippen molar-refractivity contribution < 1.29 is 4.39 Å². The van der Waals surface area contributed by atoms with Gasteiger partial charge in [-0.1, -0.05) is 11.6 Å². The van der Waals surface area contributed by atoms with E-state index < -0.39 is 5.82 Å². The van der Waals surface area contributed by atoms with Gasteiger partial charge in [0.25, 0.3) is 0 Å². The molecule has 0 unspecified atom stereocenters. The number of nitrogens with one attached hydrogen (secondary N) is 1. The number of rotatable bonds is 1. The van der Waals surface area contributed by atoms with Gasteiger partial charge in [0, 0.05) is 0 Å². The lowest BCUT2D eigenvalue weighted by molar-refractivity contribution is 0.628. The Morgan fingerprint density at radius 2 is 2.27 bits per heavy atom. The topological polar surface area (TPSA) is 35.8 Å². The standard InChI is InChI=1S/C7H4ClFN2/c8-6-3-5(9)1-2-7(6)11-4-10/h1-3,11H. The second-order valence-electron chi connectivity index (χ2n) is 1.86. The van der Waals surface area contributed by atoms with Crippen LogP contribution in [-0.4, -0.2) is 0 Å². The van der Waals surface area contributed by atoms with Crippen molar-refractivity contribution >= 4 is 17.3 Å². The molecular formula is C7H4ClFN2. The Kier molecular flexibility index (Phi) is 2.29. The first-order valence-electron chi connectivity index (χ1n) is 2.84. The molecule has 1 rings (SSSR count). The fourth-order valence-corrected chi connectivity index (χ4v) is 0.866. The van der Waals surface area contributed by atoms with Crippen molar-refractivity contribution in [1.82, 2.24) is 0 Å². The number of nitriles is 1. The second kappa shape index (κ2) is 3.22. The van der Waals surface area contributed by atoms with Crippen LogP contribution in [0.3, 0.4) is 0 Å². The average molecular weight is 171 g/mol. The maximum Gasteiger partial charge on any atom is 0.181 e. The Morgan fingerprint density at radius 3 is 2.82 bits per heavy atom. The minimum atomic E-state index is -0.418. The summed E-state index contributed by atoms with van der Waals surface area (Å²) in [6.45, 7) is 0. The summed E-state index contributed by atoms with van der Waals surface area (Å²) in [6, 6.07) is 3.77. The minimum absolute atomic E-state index is 0.201. The van der Waals surface area contributed by atoms with Crippen LogP contribution in [0.2, 0.25) is 5.02 Å². The van der Waals surface area contributed by atoms with E-state index in [0.717, 1.165) is 6.07 Å². The van der Waals surface area contributed by atoms with Crippen LogP contribution in [0, 0.1) is 17.3 Å². The van der Waals surface area contributed by atoms with Gasteiger partial charge >= 0.3 is 0 Å². The number of hydrogen-bond donors (Lipinski definition) is 1. The number of benzene rings is 1. The van der Waals surface area contributed by atoms with Gasteiger partial charge in [-0.2, -0.15) is 5.26 Å². The van der Waals surface area contributed by atoms with E-state index in [1.165, 1.54) is 12.1 Å². The molecule has 1 aromatic rings. The molecule has 0 saturated carbocycles. The minimum Gasteiger partial charge on any atom is -0.291 e. The fraction of sp³-hybridized carbons (Fsp3) is 0. The molecule has 0 saturated heterocycles. The maximum atomic E-state index is 12.4. The van der Waals surface area contributed by atoms with Crippen molar-refractivity contribution in [2.24, 2.45) is 0 Å². The predicted octanol–water partition coefficient (Wildman–Crippen LogP) is 2.37. The van der Waals surface area contributed by atoms with E-state index >= 15 is 0 Å². The van der Waals surface area contributed by atoms with Crippen LogP contribution < -0.4 is 5.32 Å². The number of hydrogen-bond acceptors (Lipinski definition) is 2. The third-order valence-corrected chi connectivity index (χ3v) is 1.43. The highest BCUT2D eigenvalue weighted by Gasteiger charge is 1.99. The molecule has 0 atom stereocenters. The molecule has 4 heteroatoms. The molecule has 1 aromatic carbocycles. The van der Waals surface area contributed by atoms with Crippen LogP contribution in [0.25, 0.3) is 0 Å². The monoisotopic (exact) mass is 170 g/mol. The predicted molar refractivity (Wildman–Crippen MR) is 40.6 cm³/mol. The van der Waals surface area contributed by atoms with E-state index in [9.17, 15) is 4.39 Å². The average Bonchev–Trinajstić information content (AvgIpc) is 1.95. The van der Waals surface area contributed by atoms with Crippen LogP contribution in [0.15, 0.2) is 18.2 Å². The molecular weight excluding hydrogens is 167 g/mol. The lowest BCUT2D eigenvalue weighted by Gasteiger charge is -1.98. The van der Waals surface area contributed by atoms with Gasteiger partial charge < -0.3 is 0 Å². The first-order valence-corrected chi connectivity index (χ1v) is 3.22. The van der Waals surface area contributed by atoms with Gasteiger partial charge in [0.2, 0.25) is 0 Å². The molecule has 0 fully saturated rings. The molecule has 1 N–H and O–H groups in total. The lowest BCUT2D eigenvalue weighted by atomic mass is 10.3. The molecule has 0 bridgehead atoms. The van der Waals surface area contributed by atoms with Gasteiger partial charge in [0.15, 0.2) is 6.19 Å². The van der Waals surface area contributed by atoms with Crippen LogP contribution in [0.5, 0.6) is 0 Å². The zero-order chi connectivity index (χ0) is 8.27. The zero-order valence-electron chi connectivity index (χ0n) is 5.44. The Bertz CT molecular complexity index is 306. The summed E-state index contributed by atoms with van der Waals surface area (Å²) in [4.78, 5) is 0. The summed E-state index contributed by atoms with van der Waals surface area (Å²) in [7, 11) is 0. The summed E-state index contributed by atoms with van der Waals surface area (Å²) < 4.78 is 12.4. The SMILES string of the molecule is N#CNc1ccc(F)cc1Cl. The summed E-state index contributed by atoms with van der Waals surface area (Å²) in [5.41, 5.74) is 0.413. The zero-order valence-corrected chi connectivity index (χ0v) is 6.19. The summed E-state index contributed by atoms with van der Waals surface area (Å²) >= 11 is 5.55. The maximum absolute atomic E-state index is 12.4. The molecule has 0 aliphatic heterocycles. The van der Waals surface area contributed by atoms with Gasteiger partial charge in [-0.05, 0) is 18.2 Å². The highest BCUT2D eigenvalue weighted by Crippen LogP contribution is 2.21. The largest absolute Gasteiger partial charge is 0.291 e. The van der Waals surface area contributed by atoms with E-state index in [-0.39, 0.29) is 5.02 Å². The van der Waals surface area contributed by atoms with Crippen LogP contribution in [0.1, 0.15) is 0 Å². The van der Waals surface area contributed by atoms with E-state index in [1.807, 2.05) is 0 Å². The van der Waals surface area contributed by atoms with E-state index in [4.69, 9.17) is 16.9 Å². The van der Waals surface area contributed by atoms with Crippen LogP contribution >= 0.6 is 11.6 Å². The van der Waals surface area contributed by atoms with Crippen molar-refractivity contribution in [3.63, 3.8) is 0 Å². The van der Waals surface area contributed by atoms with E-state index in [0.29, 0.717) is 5.69 Å². The summed E-state index contributed by atoms with van der Waals surface area (Å²) in [5.74, 6) is -0.418. The fourth-order valence-electron chi connectivity index (χ4n) is 0.651. The van der Waals surface area contributed by atoms with Crippen molar-refractivity contribution in [2.45, 2.75) is 0 Å². The molecule has 0 spiro atoms. The molecule has 0 aliphatic carbocycles. The smallest absolute Gasteiger partial charge is 0.181 e. The highest BCUT2D eigenvalue weighted by atomic mass is 35.5. The van der Waals surface area contributed by atoms with Crippen molar-refractivity contribution in [3.05, 3.63) is 29.0 Å². The number of nitrogens with zero attached hydrogens (tertiary/aromatic N) is 1. The second-order valence-corrected chi connectivity index (χ2v) is 2.27. The third-order valence-electron chi connectivity index (χ3n) is 1.12. The molecule has 2 nitrogen and oxygen atoms in total. The van der Waals surface area contributed by atoms with Gasteiger partial charge in [0.1, 0.15) is 5.82 Å². The number of anilines is 1. The van der Waals surface area contributed by atoms with Gasteiger partial charge in [0.05, 0.1) is 10.7 Å². The summed E-state index contributed by atoms with van der Waals surface area (Å²) in [5, 5.41) is 10.7. The first kappa shape index (κ1) is 7.83. The Labute approximate surface area is 68.2 Å². The molecule has 0 aliphatic rings. The highest BCUT2D eigenvalue weighted by molar-refractivity contribution is 6.33. The molecule has 11 heavy (non-hydrogen) atoms. The Balaban J connectivity index is 3.01. The number of halogens is 2. The molecule has 0 amide bonds. The third kappa shape index (κ3) is 1.82. The first-order chi connectivity index (χ1) is 5.24. The van der Waals surface area contributed by atoms with E-state index in [2.05, 4.69) is 5.32 Å². The molecule has 0 aromatic heterocycles. The van der Waals surface area contributed by atoms with Gasteiger partial charge in [-0.3, -0.25) is 5.32 Å². The van der Waals surface area contributed by atoms with Gasteiger partial charge in [-0.15, -0.1) is 0 Å². The van der Waals surface area contributed by atoms with E-state index in [1.54, 1.807) is 6.19 Å². The quantitative estimate of drug-likeness (QED) is 0.519. The molecule has 0 heterocycles. The molecule has 0 radical (unpaired) electrons. The normalized spacial score (nSPS) is 8.82. The van der Waals surface area contributed by atoms with Gasteiger partial charge in [-0.25, -0.2) is 4.39 Å². The molecule has 56 valence electrons. The Morgan fingerprint density at radius 1 is 1.55 bits per heavy atom. The van der Waals surface area contributed by atoms with Crippen LogP contribution in [-0.2, 0) is 0 Å².